The molecule has 0 bridgehead atoms. The molecule has 0 aliphatic carbocycles. The summed E-state index contributed by atoms with van der Waals surface area (Å²) in [4.78, 5) is 13.5. The van der Waals surface area contributed by atoms with E-state index in [2.05, 4.69) is 11.5 Å². The van der Waals surface area contributed by atoms with Gasteiger partial charge in [0.15, 0.2) is 0 Å². The predicted octanol–water partition coefficient (Wildman–Crippen LogP) is -0.0901. The van der Waals surface area contributed by atoms with Crippen LogP contribution in [-0.2, 0) is 9.68 Å². The fourth-order valence-corrected chi connectivity index (χ4v) is 0.476. The van der Waals surface area contributed by atoms with E-state index in [4.69, 9.17) is 5.26 Å². The van der Waals surface area contributed by atoms with Gasteiger partial charge in [0.05, 0.1) is 0 Å². The zero-order valence-electron chi connectivity index (χ0n) is 5.50. The van der Waals surface area contributed by atoms with Crippen molar-refractivity contribution in [2.24, 2.45) is 0 Å². The third-order valence-corrected chi connectivity index (χ3v) is 0.966. The van der Waals surface area contributed by atoms with Gasteiger partial charge in [-0.25, -0.2) is 5.26 Å². The molecule has 0 saturated carbocycles. The lowest BCUT2D eigenvalue weighted by atomic mass is 10.2. The number of carboxylic acids is 1. The first-order chi connectivity index (χ1) is 4.66. The first kappa shape index (κ1) is 8.97. The summed E-state index contributed by atoms with van der Waals surface area (Å²) in [5.74, 6) is -0.938. The van der Waals surface area contributed by atoms with Crippen LogP contribution in [0.15, 0.2) is 12.3 Å². The fourth-order valence-electron chi connectivity index (χ4n) is 0.476. The second-order valence-corrected chi connectivity index (χ2v) is 1.86. The van der Waals surface area contributed by atoms with E-state index in [1.165, 1.54) is 0 Å². The molecule has 0 aliphatic heterocycles. The molecule has 4 heteroatoms. The van der Waals surface area contributed by atoms with Gasteiger partial charge in [-0.05, 0) is 12.8 Å². The van der Waals surface area contributed by atoms with Crippen molar-refractivity contribution in [3.63, 3.8) is 0 Å². The fraction of sp³-hybridized carbons (Fsp3) is 0.500. The van der Waals surface area contributed by atoms with Gasteiger partial charge in [-0.1, -0.05) is 6.58 Å². The van der Waals surface area contributed by atoms with E-state index in [0.29, 0.717) is 12.8 Å². The number of carboxylic acid groups (broad SMARTS) is 1. The summed E-state index contributed by atoms with van der Waals surface area (Å²) in [6.07, 6.45) is 0.675. The Hall–Kier alpha value is -1.03. The minimum absolute atomic E-state index is 0.0393. The molecule has 10 heavy (non-hydrogen) atoms. The summed E-state index contributed by atoms with van der Waals surface area (Å²) in [6.45, 7) is 3.28. The van der Waals surface area contributed by atoms with E-state index in [0.717, 1.165) is 0 Å². The molecule has 0 atom stereocenters. The minimum Gasteiger partial charge on any atom is -0.550 e. The van der Waals surface area contributed by atoms with E-state index >= 15 is 0 Å². The molecule has 0 aromatic carbocycles. The molecular formula is C6H9O4-. The van der Waals surface area contributed by atoms with Crippen LogP contribution >= 0.6 is 0 Å². The summed E-state index contributed by atoms with van der Waals surface area (Å²) in [5.41, 5.74) is 0. The van der Waals surface area contributed by atoms with Crippen LogP contribution in [0.25, 0.3) is 0 Å². The molecule has 0 aromatic rings. The van der Waals surface area contributed by atoms with E-state index in [1.54, 1.807) is 0 Å². The number of carbonyl (C=O) groups is 1. The zero-order chi connectivity index (χ0) is 7.98. The van der Waals surface area contributed by atoms with Crippen LogP contribution < -0.4 is 5.11 Å². The topological polar surface area (TPSA) is 69.6 Å². The third-order valence-electron chi connectivity index (χ3n) is 0.966. The number of hydrogen-bond acceptors (Lipinski definition) is 4. The van der Waals surface area contributed by atoms with Crippen LogP contribution in [0.4, 0.5) is 0 Å². The number of rotatable bonds is 5. The SMILES string of the molecule is C=C(CCCC(=O)[O-])OO. The first-order valence-corrected chi connectivity index (χ1v) is 2.86. The van der Waals surface area contributed by atoms with Crippen molar-refractivity contribution >= 4 is 5.97 Å². The monoisotopic (exact) mass is 145 g/mol. The average Bonchev–Trinajstić information content (AvgIpc) is 1.87. The van der Waals surface area contributed by atoms with E-state index in [1.807, 2.05) is 0 Å². The molecule has 1 N–H and O–H groups in total. The zero-order valence-corrected chi connectivity index (χ0v) is 5.50. The number of hydrogen-bond donors (Lipinski definition) is 1. The molecule has 0 aromatic heterocycles. The molecule has 0 heterocycles. The van der Waals surface area contributed by atoms with Crippen molar-refractivity contribution in [3.05, 3.63) is 12.3 Å². The highest BCUT2D eigenvalue weighted by Crippen LogP contribution is 2.03. The van der Waals surface area contributed by atoms with Gasteiger partial charge >= 0.3 is 0 Å². The molecule has 0 radical (unpaired) electrons. The number of aliphatic carboxylic acids is 1. The van der Waals surface area contributed by atoms with E-state index < -0.39 is 5.97 Å². The maximum atomic E-state index is 9.83. The van der Waals surface area contributed by atoms with Crippen molar-refractivity contribution in [1.29, 1.82) is 0 Å². The normalized spacial score (nSPS) is 8.90. The minimum atomic E-state index is -1.11. The highest BCUT2D eigenvalue weighted by Gasteiger charge is 1.93. The summed E-state index contributed by atoms with van der Waals surface area (Å²) < 4.78 is 0. The maximum Gasteiger partial charge on any atom is 0.135 e. The summed E-state index contributed by atoms with van der Waals surface area (Å²) in [7, 11) is 0. The van der Waals surface area contributed by atoms with Gasteiger partial charge in [-0.3, -0.25) is 0 Å². The number of allylic oxidation sites excluding steroid dienone is 1. The predicted molar refractivity (Wildman–Crippen MR) is 31.7 cm³/mol. The maximum absolute atomic E-state index is 9.83. The van der Waals surface area contributed by atoms with Crippen LogP contribution in [0.5, 0.6) is 0 Å². The Bertz CT molecular complexity index is 130. The van der Waals surface area contributed by atoms with E-state index in [-0.39, 0.29) is 12.2 Å². The lowest BCUT2D eigenvalue weighted by Crippen LogP contribution is -2.21. The Morgan fingerprint density at radius 1 is 1.60 bits per heavy atom. The molecule has 0 fully saturated rings. The highest BCUT2D eigenvalue weighted by atomic mass is 17.1. The first-order valence-electron chi connectivity index (χ1n) is 2.86. The lowest BCUT2D eigenvalue weighted by molar-refractivity contribution is -0.305. The Balaban J connectivity index is 3.20. The van der Waals surface area contributed by atoms with Gasteiger partial charge in [-0.2, -0.15) is 0 Å². The van der Waals surface area contributed by atoms with Crippen molar-refractivity contribution in [2.75, 3.05) is 0 Å². The lowest BCUT2D eigenvalue weighted by Gasteiger charge is -2.01. The van der Waals surface area contributed by atoms with Crippen molar-refractivity contribution in [1.82, 2.24) is 0 Å². The van der Waals surface area contributed by atoms with Crippen LogP contribution in [0, 0.1) is 0 Å². The van der Waals surface area contributed by atoms with Crippen LogP contribution in [0.3, 0.4) is 0 Å². The molecule has 0 rings (SSSR count). The van der Waals surface area contributed by atoms with Crippen LogP contribution in [0.1, 0.15) is 19.3 Å². The van der Waals surface area contributed by atoms with Crippen molar-refractivity contribution < 1.29 is 20.0 Å². The number of carbonyl (C=O) groups excluding carboxylic acids is 1. The molecular weight excluding hydrogens is 136 g/mol. The molecule has 0 saturated heterocycles. The van der Waals surface area contributed by atoms with Crippen molar-refractivity contribution in [2.45, 2.75) is 19.3 Å². The smallest absolute Gasteiger partial charge is 0.135 e. The molecule has 58 valence electrons. The second-order valence-electron chi connectivity index (χ2n) is 1.86. The summed E-state index contributed by atoms with van der Waals surface area (Å²) >= 11 is 0. The van der Waals surface area contributed by atoms with Gasteiger partial charge in [0, 0.05) is 12.4 Å². The molecule has 0 spiro atoms. The average molecular weight is 145 g/mol. The summed E-state index contributed by atoms with van der Waals surface area (Å²) in [6, 6.07) is 0. The molecule has 0 amide bonds. The van der Waals surface area contributed by atoms with Gasteiger partial charge in [0.1, 0.15) is 5.76 Å². The Morgan fingerprint density at radius 3 is 2.60 bits per heavy atom. The highest BCUT2D eigenvalue weighted by molar-refractivity contribution is 5.64. The van der Waals surface area contributed by atoms with Gasteiger partial charge in [0.25, 0.3) is 0 Å². The van der Waals surface area contributed by atoms with Gasteiger partial charge in [-0.15, -0.1) is 0 Å². The molecule has 0 aliphatic rings. The van der Waals surface area contributed by atoms with Gasteiger partial charge in [0.2, 0.25) is 0 Å². The Morgan fingerprint density at radius 2 is 2.20 bits per heavy atom. The van der Waals surface area contributed by atoms with Gasteiger partial charge < -0.3 is 14.8 Å². The van der Waals surface area contributed by atoms with Crippen molar-refractivity contribution in [3.8, 4) is 0 Å². The van der Waals surface area contributed by atoms with E-state index in [9.17, 15) is 9.90 Å². The third kappa shape index (κ3) is 5.11. The largest absolute Gasteiger partial charge is 0.550 e. The Kier molecular flexibility index (Phi) is 4.32. The Labute approximate surface area is 58.7 Å². The quantitative estimate of drug-likeness (QED) is 0.333. The van der Waals surface area contributed by atoms with Crippen LogP contribution in [0.2, 0.25) is 0 Å². The summed E-state index contributed by atoms with van der Waals surface area (Å²) in [5, 5.41) is 17.8. The molecule has 0 unspecified atom stereocenters. The molecule has 4 nitrogen and oxygen atoms in total. The standard InChI is InChI=1S/C6H10O4/c1-5(10-9)3-2-4-6(7)8/h9H,1-4H2,(H,7,8)/p-1. The van der Waals surface area contributed by atoms with Crippen LogP contribution in [-0.4, -0.2) is 11.2 Å². The second kappa shape index (κ2) is 4.81.